The standard InChI is InChI=1S/C23H26N2O4S/c1-26-16-10-11-21(27-2)18(13-16)20-15-30-23(25(20)14-17-7-6-12-29-17)24-19-8-4-5-9-22(19)28-3/h4-5,8-11,13,15,17H,6-7,12,14H2,1-3H3. The molecule has 0 aliphatic carbocycles. The first kappa shape index (κ1) is 20.5. The monoisotopic (exact) mass is 426 g/mol. The maximum Gasteiger partial charge on any atom is 0.190 e. The summed E-state index contributed by atoms with van der Waals surface area (Å²) >= 11 is 1.59. The van der Waals surface area contributed by atoms with E-state index in [1.54, 1.807) is 32.7 Å². The topological polar surface area (TPSA) is 54.2 Å². The maximum absolute atomic E-state index is 5.93. The molecule has 0 saturated carbocycles. The number of ether oxygens (including phenoxy) is 4. The van der Waals surface area contributed by atoms with Crippen LogP contribution in [-0.2, 0) is 11.3 Å². The minimum absolute atomic E-state index is 0.173. The Balaban J connectivity index is 1.87. The third-order valence-electron chi connectivity index (χ3n) is 5.19. The van der Waals surface area contributed by atoms with Gasteiger partial charge in [0, 0.05) is 17.6 Å². The summed E-state index contributed by atoms with van der Waals surface area (Å²) in [7, 11) is 5.01. The van der Waals surface area contributed by atoms with Gasteiger partial charge >= 0.3 is 0 Å². The van der Waals surface area contributed by atoms with Gasteiger partial charge in [0.2, 0.25) is 0 Å². The van der Waals surface area contributed by atoms with Gasteiger partial charge in [0.25, 0.3) is 0 Å². The Hall–Kier alpha value is -2.77. The highest BCUT2D eigenvalue weighted by Gasteiger charge is 2.21. The van der Waals surface area contributed by atoms with Gasteiger partial charge in [-0.15, -0.1) is 11.3 Å². The lowest BCUT2D eigenvalue weighted by Gasteiger charge is -2.16. The molecule has 4 rings (SSSR count). The second kappa shape index (κ2) is 9.36. The van der Waals surface area contributed by atoms with Crippen molar-refractivity contribution in [1.82, 2.24) is 4.57 Å². The summed E-state index contributed by atoms with van der Waals surface area (Å²) < 4.78 is 24.7. The molecule has 0 radical (unpaired) electrons. The highest BCUT2D eigenvalue weighted by molar-refractivity contribution is 7.07. The van der Waals surface area contributed by atoms with Crippen LogP contribution in [0.5, 0.6) is 17.2 Å². The van der Waals surface area contributed by atoms with Gasteiger partial charge in [-0.3, -0.25) is 0 Å². The fourth-order valence-corrected chi connectivity index (χ4v) is 4.56. The number of hydrogen-bond acceptors (Lipinski definition) is 6. The first-order valence-corrected chi connectivity index (χ1v) is 10.8. The molecular weight excluding hydrogens is 400 g/mol. The average Bonchev–Trinajstić information content (AvgIpc) is 3.44. The number of aromatic nitrogens is 1. The summed E-state index contributed by atoms with van der Waals surface area (Å²) in [5, 5.41) is 2.11. The minimum Gasteiger partial charge on any atom is -0.497 e. The van der Waals surface area contributed by atoms with Crippen molar-refractivity contribution in [2.45, 2.75) is 25.5 Å². The molecule has 1 saturated heterocycles. The molecule has 1 fully saturated rings. The lowest BCUT2D eigenvalue weighted by molar-refractivity contribution is 0.0968. The predicted molar refractivity (Wildman–Crippen MR) is 118 cm³/mol. The van der Waals surface area contributed by atoms with Crippen LogP contribution in [0.2, 0.25) is 0 Å². The molecule has 1 aromatic heterocycles. The SMILES string of the molecule is COc1ccc(OC)c(-c2csc(=Nc3ccccc3OC)n2CC2CCCO2)c1. The van der Waals surface area contributed by atoms with Crippen LogP contribution < -0.4 is 19.0 Å². The summed E-state index contributed by atoms with van der Waals surface area (Å²) in [5.74, 6) is 2.32. The summed E-state index contributed by atoms with van der Waals surface area (Å²) in [6.45, 7) is 1.54. The number of rotatable bonds is 7. The van der Waals surface area contributed by atoms with Gasteiger partial charge in [0.05, 0.1) is 39.7 Å². The van der Waals surface area contributed by atoms with Crippen molar-refractivity contribution in [2.75, 3.05) is 27.9 Å². The van der Waals surface area contributed by atoms with Gasteiger partial charge in [0.15, 0.2) is 4.80 Å². The van der Waals surface area contributed by atoms with Crippen molar-refractivity contribution < 1.29 is 18.9 Å². The summed E-state index contributed by atoms with van der Waals surface area (Å²) in [4.78, 5) is 5.81. The smallest absolute Gasteiger partial charge is 0.190 e. The highest BCUT2D eigenvalue weighted by atomic mass is 32.1. The van der Waals surface area contributed by atoms with Gasteiger partial charge < -0.3 is 23.5 Å². The molecule has 0 spiro atoms. The lowest BCUT2D eigenvalue weighted by atomic mass is 10.1. The second-order valence-electron chi connectivity index (χ2n) is 7.00. The Morgan fingerprint density at radius 2 is 1.90 bits per heavy atom. The fraction of sp³-hybridized carbons (Fsp3) is 0.348. The molecular formula is C23H26N2O4S. The molecule has 2 heterocycles. The molecule has 3 aromatic rings. The largest absolute Gasteiger partial charge is 0.497 e. The number of para-hydroxylation sites is 2. The zero-order valence-corrected chi connectivity index (χ0v) is 18.3. The van der Waals surface area contributed by atoms with Crippen molar-refractivity contribution in [3.05, 3.63) is 52.6 Å². The van der Waals surface area contributed by atoms with Crippen molar-refractivity contribution in [3.8, 4) is 28.5 Å². The Bertz CT molecular complexity index is 1070. The van der Waals surface area contributed by atoms with E-state index in [4.69, 9.17) is 23.9 Å². The van der Waals surface area contributed by atoms with Crippen LogP contribution in [0.4, 0.5) is 5.69 Å². The van der Waals surface area contributed by atoms with E-state index in [1.165, 1.54) is 0 Å². The van der Waals surface area contributed by atoms with E-state index in [0.29, 0.717) is 0 Å². The summed E-state index contributed by atoms with van der Waals surface area (Å²) in [6.07, 6.45) is 2.31. The van der Waals surface area contributed by atoms with Crippen LogP contribution in [-0.4, -0.2) is 38.6 Å². The molecule has 1 atom stereocenters. The van der Waals surface area contributed by atoms with Crippen molar-refractivity contribution in [2.24, 2.45) is 4.99 Å². The molecule has 0 bridgehead atoms. The maximum atomic E-state index is 5.93. The summed E-state index contributed by atoms with van der Waals surface area (Å²) in [6, 6.07) is 13.6. The number of benzene rings is 2. The molecule has 158 valence electrons. The van der Waals surface area contributed by atoms with Crippen LogP contribution in [0.1, 0.15) is 12.8 Å². The number of nitrogens with zero attached hydrogens (tertiary/aromatic N) is 2. The van der Waals surface area contributed by atoms with E-state index in [2.05, 4.69) is 9.95 Å². The predicted octanol–water partition coefficient (Wildman–Crippen LogP) is 4.65. The average molecular weight is 427 g/mol. The molecule has 1 unspecified atom stereocenters. The molecule has 0 amide bonds. The number of hydrogen-bond donors (Lipinski definition) is 0. The molecule has 7 heteroatoms. The van der Waals surface area contributed by atoms with Gasteiger partial charge in [-0.05, 0) is 43.2 Å². The second-order valence-corrected chi connectivity index (χ2v) is 7.84. The zero-order chi connectivity index (χ0) is 20.9. The molecule has 0 N–H and O–H groups in total. The zero-order valence-electron chi connectivity index (χ0n) is 17.5. The third-order valence-corrected chi connectivity index (χ3v) is 6.06. The molecule has 2 aromatic carbocycles. The van der Waals surface area contributed by atoms with Gasteiger partial charge in [-0.1, -0.05) is 12.1 Å². The van der Waals surface area contributed by atoms with E-state index >= 15 is 0 Å². The van der Waals surface area contributed by atoms with Crippen molar-refractivity contribution in [3.63, 3.8) is 0 Å². The first-order valence-electron chi connectivity index (χ1n) is 9.93. The normalized spacial score (nSPS) is 16.6. The van der Waals surface area contributed by atoms with Crippen LogP contribution in [0.25, 0.3) is 11.3 Å². The quantitative estimate of drug-likeness (QED) is 0.552. The molecule has 6 nitrogen and oxygen atoms in total. The Kier molecular flexibility index (Phi) is 6.40. The minimum atomic E-state index is 0.173. The van der Waals surface area contributed by atoms with E-state index in [-0.39, 0.29) is 6.10 Å². The van der Waals surface area contributed by atoms with Gasteiger partial charge in [-0.2, -0.15) is 0 Å². The van der Waals surface area contributed by atoms with Gasteiger partial charge in [-0.25, -0.2) is 4.99 Å². The lowest BCUT2D eigenvalue weighted by Crippen LogP contribution is -2.24. The highest BCUT2D eigenvalue weighted by Crippen LogP contribution is 2.34. The van der Waals surface area contributed by atoms with Crippen LogP contribution in [0.3, 0.4) is 0 Å². The van der Waals surface area contributed by atoms with E-state index in [0.717, 1.165) is 65.0 Å². The molecule has 30 heavy (non-hydrogen) atoms. The number of thiazole rings is 1. The Morgan fingerprint density at radius 3 is 2.63 bits per heavy atom. The number of methoxy groups -OCH3 is 3. The van der Waals surface area contributed by atoms with Gasteiger partial charge in [0.1, 0.15) is 22.9 Å². The Labute approximate surface area is 180 Å². The summed E-state index contributed by atoms with van der Waals surface area (Å²) in [5.41, 5.74) is 2.79. The van der Waals surface area contributed by atoms with E-state index < -0.39 is 0 Å². The van der Waals surface area contributed by atoms with Crippen molar-refractivity contribution in [1.29, 1.82) is 0 Å². The van der Waals surface area contributed by atoms with E-state index in [9.17, 15) is 0 Å². The van der Waals surface area contributed by atoms with Crippen molar-refractivity contribution >= 4 is 17.0 Å². The fourth-order valence-electron chi connectivity index (χ4n) is 3.64. The Morgan fingerprint density at radius 1 is 1.07 bits per heavy atom. The van der Waals surface area contributed by atoms with Crippen LogP contribution in [0, 0.1) is 0 Å². The van der Waals surface area contributed by atoms with E-state index in [1.807, 2.05) is 42.5 Å². The van der Waals surface area contributed by atoms with Crippen LogP contribution in [0.15, 0.2) is 52.8 Å². The molecule has 1 aliphatic rings. The third kappa shape index (κ3) is 4.22. The van der Waals surface area contributed by atoms with Crippen LogP contribution >= 0.6 is 11.3 Å². The first-order chi connectivity index (χ1) is 14.7. The molecule has 1 aliphatic heterocycles.